The number of hydrogen-bond acceptors (Lipinski definition) is 4. The van der Waals surface area contributed by atoms with Crippen LogP contribution in [0.4, 0.5) is 0 Å². The van der Waals surface area contributed by atoms with Gasteiger partial charge in [-0.1, -0.05) is 6.92 Å². The highest BCUT2D eigenvalue weighted by atomic mass is 16.3. The van der Waals surface area contributed by atoms with Gasteiger partial charge in [-0.2, -0.15) is 0 Å². The van der Waals surface area contributed by atoms with Crippen molar-refractivity contribution in [3.63, 3.8) is 0 Å². The molecule has 1 heterocycles. The van der Waals surface area contributed by atoms with Crippen molar-refractivity contribution in [2.75, 3.05) is 45.8 Å². The van der Waals surface area contributed by atoms with Crippen molar-refractivity contribution >= 4 is 0 Å². The summed E-state index contributed by atoms with van der Waals surface area (Å²) in [5.74, 6) is 0. The second kappa shape index (κ2) is 6.69. The first kappa shape index (κ1) is 14.9. The van der Waals surface area contributed by atoms with E-state index in [4.69, 9.17) is 0 Å². The Kier molecular flexibility index (Phi) is 5.86. The largest absolute Gasteiger partial charge is 0.390 e. The summed E-state index contributed by atoms with van der Waals surface area (Å²) in [4.78, 5) is 4.88. The molecule has 1 rings (SSSR count). The molecule has 4 nitrogen and oxygen atoms in total. The zero-order valence-electron chi connectivity index (χ0n) is 11.9. The summed E-state index contributed by atoms with van der Waals surface area (Å²) in [6, 6.07) is 0. The third-order valence-electron chi connectivity index (χ3n) is 3.42. The van der Waals surface area contributed by atoms with E-state index in [1.54, 1.807) is 0 Å². The smallest absolute Gasteiger partial charge is 0.0791 e. The molecule has 0 aromatic carbocycles. The van der Waals surface area contributed by atoms with Gasteiger partial charge < -0.3 is 10.4 Å². The normalized spacial score (nSPS) is 21.7. The van der Waals surface area contributed by atoms with E-state index in [-0.39, 0.29) is 11.6 Å². The molecule has 0 amide bonds. The van der Waals surface area contributed by atoms with E-state index in [0.29, 0.717) is 6.54 Å². The van der Waals surface area contributed by atoms with Gasteiger partial charge in [0.15, 0.2) is 0 Å². The molecule has 1 aliphatic rings. The summed E-state index contributed by atoms with van der Waals surface area (Å²) in [6.45, 7) is 15.6. The fraction of sp³-hybridized carbons (Fsp3) is 1.00. The van der Waals surface area contributed by atoms with Crippen LogP contribution in [0, 0.1) is 0 Å². The van der Waals surface area contributed by atoms with Crippen molar-refractivity contribution in [1.82, 2.24) is 15.1 Å². The molecule has 1 saturated heterocycles. The molecule has 2 N–H and O–H groups in total. The maximum absolute atomic E-state index is 9.84. The highest BCUT2D eigenvalue weighted by Crippen LogP contribution is 2.15. The number of hydrogen-bond donors (Lipinski definition) is 2. The number of rotatable bonds is 5. The molecule has 4 heteroatoms. The van der Waals surface area contributed by atoms with E-state index in [9.17, 15) is 5.11 Å². The standard InChI is InChI=1S/C13H29N3O/c1-5-14-10-12(17)11-15-6-8-16(9-7-15)13(2,3)4/h12,14,17H,5-11H2,1-4H3. The molecular weight excluding hydrogens is 214 g/mol. The minimum atomic E-state index is -0.240. The van der Waals surface area contributed by atoms with Crippen molar-refractivity contribution < 1.29 is 5.11 Å². The Labute approximate surface area is 106 Å². The Morgan fingerprint density at radius 2 is 1.76 bits per heavy atom. The molecule has 0 spiro atoms. The van der Waals surface area contributed by atoms with Crippen LogP contribution < -0.4 is 5.32 Å². The molecule has 1 atom stereocenters. The average molecular weight is 243 g/mol. The number of likely N-dealkylation sites (N-methyl/N-ethyl adjacent to an activating group) is 1. The third-order valence-corrected chi connectivity index (χ3v) is 3.42. The van der Waals surface area contributed by atoms with Crippen molar-refractivity contribution in [2.24, 2.45) is 0 Å². The van der Waals surface area contributed by atoms with Gasteiger partial charge in [-0.3, -0.25) is 9.80 Å². The highest BCUT2D eigenvalue weighted by molar-refractivity contribution is 4.82. The summed E-state index contributed by atoms with van der Waals surface area (Å²) >= 11 is 0. The topological polar surface area (TPSA) is 38.7 Å². The number of β-amino-alcohol motifs (C(OH)–C–C–N with tert-alkyl or cyclic N) is 1. The molecule has 0 aromatic rings. The monoisotopic (exact) mass is 243 g/mol. The quantitative estimate of drug-likeness (QED) is 0.732. The van der Waals surface area contributed by atoms with Gasteiger partial charge in [0.25, 0.3) is 0 Å². The van der Waals surface area contributed by atoms with Gasteiger partial charge in [-0.05, 0) is 27.3 Å². The second-order valence-corrected chi connectivity index (χ2v) is 5.92. The van der Waals surface area contributed by atoms with Crippen LogP contribution in [-0.4, -0.2) is 72.4 Å². The highest BCUT2D eigenvalue weighted by Gasteiger charge is 2.26. The SMILES string of the molecule is CCNCC(O)CN1CCN(C(C)(C)C)CC1. The fourth-order valence-electron chi connectivity index (χ4n) is 2.27. The van der Waals surface area contributed by atoms with E-state index >= 15 is 0 Å². The first-order valence-electron chi connectivity index (χ1n) is 6.79. The summed E-state index contributed by atoms with van der Waals surface area (Å²) < 4.78 is 0. The second-order valence-electron chi connectivity index (χ2n) is 5.92. The van der Waals surface area contributed by atoms with Crippen LogP contribution in [-0.2, 0) is 0 Å². The van der Waals surface area contributed by atoms with Crippen LogP contribution in [0.1, 0.15) is 27.7 Å². The van der Waals surface area contributed by atoms with Gasteiger partial charge in [-0.15, -0.1) is 0 Å². The number of aliphatic hydroxyl groups excluding tert-OH is 1. The molecular formula is C13H29N3O. The summed E-state index contributed by atoms with van der Waals surface area (Å²) in [7, 11) is 0. The summed E-state index contributed by atoms with van der Waals surface area (Å²) in [6.07, 6.45) is -0.240. The van der Waals surface area contributed by atoms with E-state index < -0.39 is 0 Å². The summed E-state index contributed by atoms with van der Waals surface area (Å²) in [5.41, 5.74) is 0.272. The lowest BCUT2D eigenvalue weighted by Crippen LogP contribution is -2.54. The maximum Gasteiger partial charge on any atom is 0.0791 e. The first-order valence-corrected chi connectivity index (χ1v) is 6.79. The molecule has 0 saturated carbocycles. The number of nitrogens with one attached hydrogen (secondary N) is 1. The van der Waals surface area contributed by atoms with Gasteiger partial charge >= 0.3 is 0 Å². The van der Waals surface area contributed by atoms with Crippen LogP contribution in [0.2, 0.25) is 0 Å². The number of nitrogens with zero attached hydrogens (tertiary/aromatic N) is 2. The molecule has 1 aliphatic heterocycles. The molecule has 0 radical (unpaired) electrons. The van der Waals surface area contributed by atoms with Gasteiger partial charge in [0.1, 0.15) is 0 Å². The van der Waals surface area contributed by atoms with E-state index in [0.717, 1.165) is 39.3 Å². The van der Waals surface area contributed by atoms with Crippen molar-refractivity contribution in [3.05, 3.63) is 0 Å². The molecule has 1 fully saturated rings. The lowest BCUT2D eigenvalue weighted by atomic mass is 10.0. The van der Waals surface area contributed by atoms with Gasteiger partial charge in [0.2, 0.25) is 0 Å². The molecule has 0 bridgehead atoms. The molecule has 0 aliphatic carbocycles. The lowest BCUT2D eigenvalue weighted by molar-refractivity contribution is 0.0368. The van der Waals surface area contributed by atoms with Crippen LogP contribution in [0.5, 0.6) is 0 Å². The Balaban J connectivity index is 2.23. The molecule has 1 unspecified atom stereocenters. The van der Waals surface area contributed by atoms with Crippen molar-refractivity contribution in [1.29, 1.82) is 0 Å². The van der Waals surface area contributed by atoms with E-state index in [1.807, 2.05) is 0 Å². The van der Waals surface area contributed by atoms with E-state index in [2.05, 4.69) is 42.8 Å². The van der Waals surface area contributed by atoms with Crippen LogP contribution >= 0.6 is 0 Å². The predicted octanol–water partition coefficient (Wildman–Crippen LogP) is 0.373. The molecule has 102 valence electrons. The number of piperazine rings is 1. The summed E-state index contributed by atoms with van der Waals surface area (Å²) in [5, 5.41) is 13.0. The third kappa shape index (κ3) is 5.34. The zero-order chi connectivity index (χ0) is 12.9. The predicted molar refractivity (Wildman–Crippen MR) is 72.3 cm³/mol. The molecule has 17 heavy (non-hydrogen) atoms. The van der Waals surface area contributed by atoms with Crippen LogP contribution in [0.3, 0.4) is 0 Å². The maximum atomic E-state index is 9.84. The van der Waals surface area contributed by atoms with Gasteiger partial charge in [0, 0.05) is 44.8 Å². The van der Waals surface area contributed by atoms with Gasteiger partial charge in [-0.25, -0.2) is 0 Å². The Morgan fingerprint density at radius 3 is 2.24 bits per heavy atom. The Bertz CT molecular complexity index is 207. The van der Waals surface area contributed by atoms with E-state index in [1.165, 1.54) is 0 Å². The van der Waals surface area contributed by atoms with Crippen LogP contribution in [0.15, 0.2) is 0 Å². The van der Waals surface area contributed by atoms with Crippen molar-refractivity contribution in [3.8, 4) is 0 Å². The minimum Gasteiger partial charge on any atom is -0.390 e. The van der Waals surface area contributed by atoms with Crippen molar-refractivity contribution in [2.45, 2.75) is 39.3 Å². The lowest BCUT2D eigenvalue weighted by Gasteiger charge is -2.42. The minimum absolute atomic E-state index is 0.240. The first-order chi connectivity index (χ1) is 7.93. The zero-order valence-corrected chi connectivity index (χ0v) is 11.9. The Morgan fingerprint density at radius 1 is 1.18 bits per heavy atom. The molecule has 0 aromatic heterocycles. The number of aliphatic hydroxyl groups is 1. The Hall–Kier alpha value is -0.160. The average Bonchev–Trinajstić information content (AvgIpc) is 2.26. The van der Waals surface area contributed by atoms with Gasteiger partial charge in [0.05, 0.1) is 6.10 Å². The van der Waals surface area contributed by atoms with Crippen LogP contribution in [0.25, 0.3) is 0 Å². The fourth-order valence-corrected chi connectivity index (χ4v) is 2.27.